The molecule has 0 bridgehead atoms. The van der Waals surface area contributed by atoms with E-state index >= 15 is 0 Å². The second kappa shape index (κ2) is 7.26. The van der Waals surface area contributed by atoms with Gasteiger partial charge in [-0.3, -0.25) is 9.59 Å². The Morgan fingerprint density at radius 3 is 2.63 bits per heavy atom. The number of hydrogen-bond donors (Lipinski definition) is 1. The molecule has 0 aromatic heterocycles. The van der Waals surface area contributed by atoms with Gasteiger partial charge in [-0.15, -0.1) is 11.8 Å². The number of hydrogen-bond acceptors (Lipinski definition) is 3. The molecule has 0 fully saturated rings. The Kier molecular flexibility index (Phi) is 5.19. The number of benzene rings is 2. The van der Waals surface area contributed by atoms with E-state index in [0.717, 1.165) is 11.0 Å². The quantitative estimate of drug-likeness (QED) is 0.839. The first kappa shape index (κ1) is 19.3. The van der Waals surface area contributed by atoms with Crippen molar-refractivity contribution < 1.29 is 22.8 Å². The van der Waals surface area contributed by atoms with Crippen LogP contribution >= 0.6 is 11.8 Å². The van der Waals surface area contributed by atoms with E-state index in [2.05, 4.69) is 5.32 Å². The van der Waals surface area contributed by atoms with Crippen LogP contribution in [0.3, 0.4) is 0 Å². The van der Waals surface area contributed by atoms with Gasteiger partial charge in [0.25, 0.3) is 5.91 Å². The highest BCUT2D eigenvalue weighted by Gasteiger charge is 2.33. The monoisotopic (exact) mass is 394 g/mol. The summed E-state index contributed by atoms with van der Waals surface area (Å²) >= 11 is 1.39. The standard InChI is InChI=1S/C19H17F3N2O2S/c1-11-17(25)23-15-9-12(7-8-16(15)27-11)18(26)24(2)10-13-5-3-4-6-14(13)19(20,21)22/h3-9,11H,10H2,1-2H3,(H,23,25). The molecule has 2 aromatic carbocycles. The van der Waals surface area contributed by atoms with Crippen molar-refractivity contribution in [2.45, 2.75) is 29.8 Å². The van der Waals surface area contributed by atoms with Gasteiger partial charge in [0.05, 0.1) is 16.5 Å². The fourth-order valence-corrected chi connectivity index (χ4v) is 3.75. The molecule has 1 atom stereocenters. The van der Waals surface area contributed by atoms with Crippen LogP contribution in [0.15, 0.2) is 47.4 Å². The lowest BCUT2D eigenvalue weighted by Gasteiger charge is -2.23. The van der Waals surface area contributed by atoms with Crippen molar-refractivity contribution in [2.24, 2.45) is 0 Å². The Balaban J connectivity index is 1.81. The Morgan fingerprint density at radius 1 is 1.22 bits per heavy atom. The molecule has 1 heterocycles. The van der Waals surface area contributed by atoms with Crippen LogP contribution in [0.25, 0.3) is 0 Å². The van der Waals surface area contributed by atoms with Gasteiger partial charge in [-0.25, -0.2) is 0 Å². The Bertz CT molecular complexity index is 899. The number of carbonyl (C=O) groups is 2. The maximum Gasteiger partial charge on any atom is 0.416 e. The van der Waals surface area contributed by atoms with Crippen molar-refractivity contribution in [3.05, 3.63) is 59.2 Å². The minimum absolute atomic E-state index is 0.0245. The first-order valence-electron chi connectivity index (χ1n) is 8.19. The number of fused-ring (bicyclic) bond motifs is 1. The predicted octanol–water partition coefficient (Wildman–Crippen LogP) is 4.41. The zero-order valence-corrected chi connectivity index (χ0v) is 15.4. The molecule has 0 radical (unpaired) electrons. The lowest BCUT2D eigenvalue weighted by molar-refractivity contribution is -0.138. The number of amides is 2. The van der Waals surface area contributed by atoms with Gasteiger partial charge in [-0.05, 0) is 36.8 Å². The zero-order chi connectivity index (χ0) is 19.8. The Hall–Kier alpha value is -2.48. The third-order valence-corrected chi connectivity index (χ3v) is 5.41. The SMILES string of the molecule is CC1Sc2ccc(C(=O)N(C)Cc3ccccc3C(F)(F)F)cc2NC1=O. The van der Waals surface area contributed by atoms with E-state index in [0.29, 0.717) is 11.3 Å². The number of nitrogens with one attached hydrogen (secondary N) is 1. The molecule has 3 rings (SSSR count). The lowest BCUT2D eigenvalue weighted by Crippen LogP contribution is -2.29. The molecule has 1 aliphatic rings. The Labute approximate surface area is 158 Å². The molecule has 0 saturated carbocycles. The minimum Gasteiger partial charge on any atom is -0.337 e. The summed E-state index contributed by atoms with van der Waals surface area (Å²) in [6.07, 6.45) is -4.48. The first-order valence-corrected chi connectivity index (χ1v) is 9.07. The van der Waals surface area contributed by atoms with Crippen LogP contribution in [0.1, 0.15) is 28.4 Å². The van der Waals surface area contributed by atoms with Crippen LogP contribution in [-0.4, -0.2) is 29.0 Å². The highest BCUT2D eigenvalue weighted by molar-refractivity contribution is 8.00. The van der Waals surface area contributed by atoms with Gasteiger partial charge in [-0.1, -0.05) is 18.2 Å². The van der Waals surface area contributed by atoms with Crippen LogP contribution in [-0.2, 0) is 17.5 Å². The number of carbonyl (C=O) groups excluding carboxylic acids is 2. The number of anilines is 1. The second-order valence-corrected chi connectivity index (χ2v) is 7.66. The third kappa shape index (κ3) is 4.10. The maximum absolute atomic E-state index is 13.1. The average molecular weight is 394 g/mol. The summed E-state index contributed by atoms with van der Waals surface area (Å²) in [6, 6.07) is 10.1. The van der Waals surface area contributed by atoms with Gasteiger partial charge in [0.1, 0.15) is 0 Å². The normalized spacial score (nSPS) is 16.5. The fourth-order valence-electron chi connectivity index (χ4n) is 2.82. The summed E-state index contributed by atoms with van der Waals surface area (Å²) in [6.45, 7) is 1.61. The molecule has 2 amide bonds. The average Bonchev–Trinajstić information content (AvgIpc) is 2.61. The largest absolute Gasteiger partial charge is 0.416 e. The topological polar surface area (TPSA) is 49.4 Å². The van der Waals surface area contributed by atoms with E-state index in [1.54, 1.807) is 25.1 Å². The third-order valence-electron chi connectivity index (χ3n) is 4.23. The molecular weight excluding hydrogens is 377 g/mol. The van der Waals surface area contributed by atoms with E-state index in [-0.39, 0.29) is 23.3 Å². The van der Waals surface area contributed by atoms with Crippen molar-refractivity contribution in [1.82, 2.24) is 4.90 Å². The Morgan fingerprint density at radius 2 is 1.93 bits per heavy atom. The van der Waals surface area contributed by atoms with Gasteiger partial charge < -0.3 is 10.2 Å². The van der Waals surface area contributed by atoms with Crippen LogP contribution in [0, 0.1) is 0 Å². The van der Waals surface area contributed by atoms with E-state index < -0.39 is 17.6 Å². The zero-order valence-electron chi connectivity index (χ0n) is 14.6. The summed E-state index contributed by atoms with van der Waals surface area (Å²) in [5, 5.41) is 2.52. The van der Waals surface area contributed by atoms with Crippen LogP contribution < -0.4 is 5.32 Å². The van der Waals surface area contributed by atoms with Crippen molar-refractivity contribution in [2.75, 3.05) is 12.4 Å². The highest BCUT2D eigenvalue weighted by atomic mass is 32.2. The van der Waals surface area contributed by atoms with Gasteiger partial charge in [-0.2, -0.15) is 13.2 Å². The van der Waals surface area contributed by atoms with Gasteiger partial charge in [0, 0.05) is 24.1 Å². The molecule has 2 aromatic rings. The number of rotatable bonds is 3. The van der Waals surface area contributed by atoms with Gasteiger partial charge in [0.2, 0.25) is 5.91 Å². The molecule has 8 heteroatoms. The summed E-state index contributed by atoms with van der Waals surface area (Å²) in [7, 11) is 1.45. The van der Waals surface area contributed by atoms with Crippen molar-refractivity contribution >= 4 is 29.3 Å². The summed E-state index contributed by atoms with van der Waals surface area (Å²) in [5.41, 5.74) is 0.110. The minimum atomic E-state index is -4.48. The summed E-state index contributed by atoms with van der Waals surface area (Å²) < 4.78 is 39.4. The van der Waals surface area contributed by atoms with Crippen LogP contribution in [0.2, 0.25) is 0 Å². The molecule has 0 saturated heterocycles. The molecule has 0 spiro atoms. The van der Waals surface area contributed by atoms with Gasteiger partial charge in [0.15, 0.2) is 0 Å². The first-order chi connectivity index (χ1) is 12.7. The predicted molar refractivity (Wildman–Crippen MR) is 97.6 cm³/mol. The molecule has 27 heavy (non-hydrogen) atoms. The van der Waals surface area contributed by atoms with E-state index in [1.165, 1.54) is 41.9 Å². The molecule has 0 aliphatic carbocycles. The molecule has 1 N–H and O–H groups in total. The highest BCUT2D eigenvalue weighted by Crippen LogP contribution is 2.36. The van der Waals surface area contributed by atoms with Crippen molar-refractivity contribution in [3.8, 4) is 0 Å². The summed E-state index contributed by atoms with van der Waals surface area (Å²) in [4.78, 5) is 26.6. The smallest absolute Gasteiger partial charge is 0.337 e. The lowest BCUT2D eigenvalue weighted by atomic mass is 10.1. The summed E-state index contributed by atoms with van der Waals surface area (Å²) in [5.74, 6) is -0.572. The number of alkyl halides is 3. The molecule has 1 unspecified atom stereocenters. The van der Waals surface area contributed by atoms with E-state index in [4.69, 9.17) is 0 Å². The number of halogens is 3. The van der Waals surface area contributed by atoms with Crippen molar-refractivity contribution in [1.29, 1.82) is 0 Å². The maximum atomic E-state index is 13.1. The van der Waals surface area contributed by atoms with Crippen molar-refractivity contribution in [3.63, 3.8) is 0 Å². The number of thioether (sulfide) groups is 1. The van der Waals surface area contributed by atoms with E-state index in [1.807, 2.05) is 0 Å². The molecule has 4 nitrogen and oxygen atoms in total. The fraction of sp³-hybridized carbons (Fsp3) is 0.263. The molecule has 142 valence electrons. The molecular formula is C19H17F3N2O2S. The number of nitrogens with zero attached hydrogens (tertiary/aromatic N) is 1. The van der Waals surface area contributed by atoms with Crippen LogP contribution in [0.5, 0.6) is 0 Å². The van der Waals surface area contributed by atoms with E-state index in [9.17, 15) is 22.8 Å². The van der Waals surface area contributed by atoms with Gasteiger partial charge >= 0.3 is 6.18 Å². The van der Waals surface area contributed by atoms with Crippen LogP contribution in [0.4, 0.5) is 18.9 Å². The second-order valence-electron chi connectivity index (χ2n) is 6.28. The molecule has 1 aliphatic heterocycles.